The number of methoxy groups -OCH3 is 2. The molecule has 4 aromatic rings. The van der Waals surface area contributed by atoms with Crippen LogP contribution in [0.15, 0.2) is 108 Å². The quantitative estimate of drug-likeness (QED) is 0.125. The summed E-state index contributed by atoms with van der Waals surface area (Å²) in [6.45, 7) is 1.80. The molecule has 0 heterocycles. The van der Waals surface area contributed by atoms with Crippen molar-refractivity contribution in [1.82, 2.24) is 5.32 Å². The number of nitrogens with one attached hydrogen (secondary N) is 3. The highest BCUT2D eigenvalue weighted by Crippen LogP contribution is 2.31. The molecular weight excluding hydrogens is 586 g/mol. The van der Waals surface area contributed by atoms with Gasteiger partial charge >= 0.3 is 0 Å². The van der Waals surface area contributed by atoms with Crippen molar-refractivity contribution in [3.05, 3.63) is 119 Å². The summed E-state index contributed by atoms with van der Waals surface area (Å²) in [6.07, 6.45) is 1.58. The molecule has 10 heteroatoms. The SMILES string of the molecule is COc1ccc(OC)c(NC(=O)C(C)Sc2ccc(NC(=O)/C(=C/c3ccc(Cl)cc3)NC(=O)c3ccccc3)cc2)c1. The van der Waals surface area contributed by atoms with Gasteiger partial charge in [-0.1, -0.05) is 41.9 Å². The maximum absolute atomic E-state index is 13.3. The number of halogens is 1. The fourth-order valence-electron chi connectivity index (χ4n) is 3.89. The van der Waals surface area contributed by atoms with E-state index in [1.54, 1.807) is 117 Å². The van der Waals surface area contributed by atoms with Gasteiger partial charge in [0.05, 0.1) is 25.2 Å². The van der Waals surface area contributed by atoms with Crippen LogP contribution in [0.3, 0.4) is 0 Å². The number of benzene rings is 4. The second-order valence-corrected chi connectivity index (χ2v) is 11.1. The Labute approximate surface area is 259 Å². The molecule has 0 aliphatic carbocycles. The summed E-state index contributed by atoms with van der Waals surface area (Å²) in [6, 6.07) is 27.8. The first-order chi connectivity index (χ1) is 20.7. The van der Waals surface area contributed by atoms with Gasteiger partial charge in [-0.15, -0.1) is 11.8 Å². The molecule has 0 fully saturated rings. The molecule has 3 amide bonds. The number of carbonyl (C=O) groups is 3. The minimum atomic E-state index is -0.500. The molecule has 0 saturated carbocycles. The Hall–Kier alpha value is -4.73. The van der Waals surface area contributed by atoms with Crippen LogP contribution >= 0.6 is 23.4 Å². The first-order valence-electron chi connectivity index (χ1n) is 13.2. The third kappa shape index (κ3) is 8.88. The van der Waals surface area contributed by atoms with E-state index in [1.165, 1.54) is 18.9 Å². The van der Waals surface area contributed by atoms with Gasteiger partial charge in [0, 0.05) is 27.2 Å². The monoisotopic (exact) mass is 615 g/mol. The lowest BCUT2D eigenvalue weighted by molar-refractivity contribution is -0.115. The Balaban J connectivity index is 1.43. The van der Waals surface area contributed by atoms with E-state index in [0.29, 0.717) is 39.0 Å². The summed E-state index contributed by atoms with van der Waals surface area (Å²) in [5.41, 5.74) is 2.20. The number of ether oxygens (including phenoxy) is 2. The lowest BCUT2D eigenvalue weighted by Crippen LogP contribution is -2.30. The maximum atomic E-state index is 13.3. The van der Waals surface area contributed by atoms with Crippen molar-refractivity contribution in [2.24, 2.45) is 0 Å². The molecule has 3 N–H and O–H groups in total. The summed E-state index contributed by atoms with van der Waals surface area (Å²) >= 11 is 7.36. The molecule has 0 bridgehead atoms. The molecule has 4 aromatic carbocycles. The minimum absolute atomic E-state index is 0.0629. The van der Waals surface area contributed by atoms with Crippen LogP contribution in [-0.2, 0) is 9.59 Å². The van der Waals surface area contributed by atoms with Crippen molar-refractivity contribution in [2.75, 3.05) is 24.9 Å². The van der Waals surface area contributed by atoms with E-state index in [9.17, 15) is 14.4 Å². The summed E-state index contributed by atoms with van der Waals surface area (Å²) in [5.74, 6) is -0.00282. The highest BCUT2D eigenvalue weighted by molar-refractivity contribution is 8.00. The fraction of sp³-hybridized carbons (Fsp3) is 0.121. The molecule has 8 nitrogen and oxygen atoms in total. The number of thioether (sulfide) groups is 1. The zero-order valence-electron chi connectivity index (χ0n) is 23.7. The number of anilines is 2. The van der Waals surface area contributed by atoms with Crippen molar-refractivity contribution in [3.8, 4) is 11.5 Å². The van der Waals surface area contributed by atoms with Crippen LogP contribution in [0, 0.1) is 0 Å². The first-order valence-corrected chi connectivity index (χ1v) is 14.5. The van der Waals surface area contributed by atoms with Crippen molar-refractivity contribution in [3.63, 3.8) is 0 Å². The van der Waals surface area contributed by atoms with E-state index in [0.717, 1.165) is 4.90 Å². The maximum Gasteiger partial charge on any atom is 0.272 e. The molecular formula is C33H30ClN3O5S. The second kappa shape index (κ2) is 14.9. The number of hydrogen-bond donors (Lipinski definition) is 3. The van der Waals surface area contributed by atoms with Gasteiger partial charge in [-0.05, 0) is 79.2 Å². The van der Waals surface area contributed by atoms with Gasteiger partial charge in [0.2, 0.25) is 5.91 Å². The average Bonchev–Trinajstić information content (AvgIpc) is 3.02. The van der Waals surface area contributed by atoms with Crippen LogP contribution in [0.4, 0.5) is 11.4 Å². The van der Waals surface area contributed by atoms with Crippen molar-refractivity contribution in [2.45, 2.75) is 17.1 Å². The van der Waals surface area contributed by atoms with E-state index < -0.39 is 17.1 Å². The van der Waals surface area contributed by atoms with Gasteiger partial charge in [-0.2, -0.15) is 0 Å². The highest BCUT2D eigenvalue weighted by Gasteiger charge is 2.18. The number of hydrogen-bond acceptors (Lipinski definition) is 6. The Kier molecular flexibility index (Phi) is 10.9. The second-order valence-electron chi connectivity index (χ2n) is 9.22. The molecule has 0 aliphatic rings. The van der Waals surface area contributed by atoms with Crippen LogP contribution in [-0.4, -0.2) is 37.2 Å². The topological polar surface area (TPSA) is 106 Å². The molecule has 0 aliphatic heterocycles. The van der Waals surface area contributed by atoms with E-state index in [4.69, 9.17) is 21.1 Å². The number of carbonyl (C=O) groups excluding carboxylic acids is 3. The van der Waals surface area contributed by atoms with Crippen LogP contribution in [0.25, 0.3) is 6.08 Å². The van der Waals surface area contributed by atoms with E-state index in [2.05, 4.69) is 16.0 Å². The van der Waals surface area contributed by atoms with Gasteiger partial charge in [0.25, 0.3) is 11.8 Å². The first kappa shape index (κ1) is 31.2. The van der Waals surface area contributed by atoms with Crippen LogP contribution in [0.1, 0.15) is 22.8 Å². The van der Waals surface area contributed by atoms with Gasteiger partial charge in [-0.3, -0.25) is 14.4 Å². The Morgan fingerprint density at radius 3 is 2.19 bits per heavy atom. The lowest BCUT2D eigenvalue weighted by atomic mass is 10.1. The summed E-state index contributed by atoms with van der Waals surface area (Å²) < 4.78 is 10.6. The Morgan fingerprint density at radius 1 is 0.837 bits per heavy atom. The normalized spacial score (nSPS) is 11.7. The van der Waals surface area contributed by atoms with Crippen molar-refractivity contribution in [1.29, 1.82) is 0 Å². The van der Waals surface area contributed by atoms with E-state index in [1.807, 2.05) is 0 Å². The molecule has 1 unspecified atom stereocenters. The Morgan fingerprint density at radius 2 is 1.53 bits per heavy atom. The molecule has 4 rings (SSSR count). The Bertz CT molecular complexity index is 1610. The van der Waals surface area contributed by atoms with Crippen LogP contribution in [0.5, 0.6) is 11.5 Å². The standard InChI is InChI=1S/C33H30ClN3O5S/c1-21(31(38)36-28-20-26(41-2)15-18-30(28)42-3)43-27-16-13-25(14-17-27)35-33(40)29(19-22-9-11-24(34)12-10-22)37-32(39)23-7-5-4-6-8-23/h4-21H,1-3H3,(H,35,40)(H,36,38)(H,37,39)/b29-19-. The molecule has 0 radical (unpaired) electrons. The average molecular weight is 616 g/mol. The predicted octanol–water partition coefficient (Wildman–Crippen LogP) is 6.89. The molecule has 0 spiro atoms. The third-order valence-corrected chi connectivity index (χ3v) is 7.53. The third-order valence-electron chi connectivity index (χ3n) is 6.17. The molecule has 0 saturated heterocycles. The molecule has 220 valence electrons. The number of amides is 3. The van der Waals surface area contributed by atoms with E-state index in [-0.39, 0.29) is 11.6 Å². The summed E-state index contributed by atoms with van der Waals surface area (Å²) in [4.78, 5) is 39.8. The molecule has 1 atom stereocenters. The highest BCUT2D eigenvalue weighted by atomic mass is 35.5. The van der Waals surface area contributed by atoms with Gasteiger partial charge in [0.1, 0.15) is 17.2 Å². The van der Waals surface area contributed by atoms with Gasteiger partial charge in [0.15, 0.2) is 0 Å². The predicted molar refractivity (Wildman–Crippen MR) is 172 cm³/mol. The van der Waals surface area contributed by atoms with Crippen molar-refractivity contribution >= 4 is 58.5 Å². The molecule has 43 heavy (non-hydrogen) atoms. The largest absolute Gasteiger partial charge is 0.497 e. The smallest absolute Gasteiger partial charge is 0.272 e. The zero-order valence-corrected chi connectivity index (χ0v) is 25.3. The van der Waals surface area contributed by atoms with Crippen LogP contribution in [0.2, 0.25) is 5.02 Å². The fourth-order valence-corrected chi connectivity index (χ4v) is 4.88. The van der Waals surface area contributed by atoms with Gasteiger partial charge in [-0.25, -0.2) is 0 Å². The number of rotatable bonds is 11. The van der Waals surface area contributed by atoms with Gasteiger partial charge < -0.3 is 25.4 Å². The van der Waals surface area contributed by atoms with Crippen molar-refractivity contribution < 1.29 is 23.9 Å². The lowest BCUT2D eigenvalue weighted by Gasteiger charge is -2.15. The van der Waals surface area contributed by atoms with E-state index >= 15 is 0 Å². The zero-order chi connectivity index (χ0) is 30.8. The van der Waals surface area contributed by atoms with Crippen LogP contribution < -0.4 is 25.4 Å². The minimum Gasteiger partial charge on any atom is -0.497 e. The summed E-state index contributed by atoms with van der Waals surface area (Å²) in [5, 5.41) is 8.55. The summed E-state index contributed by atoms with van der Waals surface area (Å²) in [7, 11) is 3.08. The molecule has 0 aromatic heterocycles.